The van der Waals surface area contributed by atoms with Crippen molar-refractivity contribution in [3.63, 3.8) is 0 Å². The average Bonchev–Trinajstić information content (AvgIpc) is 2.99. The maximum atomic E-state index is 14.3. The molecule has 1 aromatic heterocycles. The van der Waals surface area contributed by atoms with Gasteiger partial charge in [0.15, 0.2) is 0 Å². The lowest BCUT2D eigenvalue weighted by atomic mass is 10.0. The highest BCUT2D eigenvalue weighted by molar-refractivity contribution is 7.89. The van der Waals surface area contributed by atoms with Gasteiger partial charge in [0.25, 0.3) is 0 Å². The number of nitrogens with zero attached hydrogens (tertiary/aromatic N) is 2. The molecule has 0 atom stereocenters. The second kappa shape index (κ2) is 9.83. The Labute approximate surface area is 192 Å². The molecule has 0 bridgehead atoms. The Balaban J connectivity index is 0.00000363. The predicted octanol–water partition coefficient (Wildman–Crippen LogP) is 3.80. The van der Waals surface area contributed by atoms with Crippen LogP contribution in [0.1, 0.15) is 16.1 Å². The van der Waals surface area contributed by atoms with Gasteiger partial charge in [0, 0.05) is 37.3 Å². The van der Waals surface area contributed by atoms with Crippen molar-refractivity contribution in [2.24, 2.45) is 5.73 Å². The van der Waals surface area contributed by atoms with Gasteiger partial charge in [-0.2, -0.15) is 0 Å². The molecule has 0 amide bonds. The molecule has 0 saturated carbocycles. The number of benzene rings is 2. The summed E-state index contributed by atoms with van der Waals surface area (Å²) in [5.74, 6) is -1.54. The van der Waals surface area contributed by atoms with Crippen molar-refractivity contribution in [1.82, 2.24) is 8.87 Å². The molecule has 0 unspecified atom stereocenters. The first-order valence-corrected chi connectivity index (χ1v) is 11.0. The van der Waals surface area contributed by atoms with Crippen LogP contribution in [0.15, 0.2) is 59.3 Å². The highest BCUT2D eigenvalue weighted by atomic mass is 35.5. The minimum Gasteiger partial charge on any atom is -0.478 e. The first-order chi connectivity index (χ1) is 14.6. The lowest BCUT2D eigenvalue weighted by Gasteiger charge is -2.13. The van der Waals surface area contributed by atoms with Crippen LogP contribution in [0.2, 0.25) is 0 Å². The minimum absolute atomic E-state index is 0. The van der Waals surface area contributed by atoms with Crippen molar-refractivity contribution in [3.05, 3.63) is 65.6 Å². The second-order valence-corrected chi connectivity index (χ2v) is 9.44. The Morgan fingerprint density at radius 3 is 2.50 bits per heavy atom. The van der Waals surface area contributed by atoms with Gasteiger partial charge in [-0.25, -0.2) is 21.9 Å². The molecule has 0 aliphatic rings. The Hall–Kier alpha value is -2.72. The maximum Gasteiger partial charge on any atom is 0.335 e. The summed E-state index contributed by atoms with van der Waals surface area (Å²) in [6.07, 6.45) is 1.26. The van der Waals surface area contributed by atoms with Crippen LogP contribution in [-0.2, 0) is 16.6 Å². The summed E-state index contributed by atoms with van der Waals surface area (Å²) in [7, 11) is -0.730. The van der Waals surface area contributed by atoms with Gasteiger partial charge in [0.05, 0.1) is 22.5 Å². The summed E-state index contributed by atoms with van der Waals surface area (Å²) in [5.41, 5.74) is 8.05. The maximum absolute atomic E-state index is 14.3. The Bertz CT molecular complexity index is 1300. The molecular formula is C22H25ClFN3O4S. The molecule has 32 heavy (non-hydrogen) atoms. The molecule has 3 N–H and O–H groups in total. The van der Waals surface area contributed by atoms with Gasteiger partial charge in [-0.05, 0) is 42.8 Å². The Kier molecular flexibility index (Phi) is 7.84. The highest BCUT2D eigenvalue weighted by Crippen LogP contribution is 2.36. The average molecular weight is 482 g/mol. The van der Waals surface area contributed by atoms with Gasteiger partial charge in [-0.3, -0.25) is 0 Å². The van der Waals surface area contributed by atoms with Crippen molar-refractivity contribution >= 4 is 39.3 Å². The molecule has 0 saturated heterocycles. The third-order valence-corrected chi connectivity index (χ3v) is 6.93. The number of carboxylic acid groups (broad SMARTS) is 1. The molecule has 0 fully saturated rings. The van der Waals surface area contributed by atoms with Crippen LogP contribution >= 0.6 is 12.4 Å². The van der Waals surface area contributed by atoms with Gasteiger partial charge >= 0.3 is 5.97 Å². The summed E-state index contributed by atoms with van der Waals surface area (Å²) in [6.45, 7) is 1.72. The van der Waals surface area contributed by atoms with Crippen LogP contribution in [0.4, 0.5) is 4.39 Å². The fourth-order valence-electron chi connectivity index (χ4n) is 3.54. The van der Waals surface area contributed by atoms with E-state index in [1.165, 1.54) is 38.4 Å². The standard InChI is InChI=1S/C22H24FN3O4S.ClH/c1-14-21(15-5-4-6-18(11-15)31(29,30)25(2)3)19-8-7-16(22(27)28)12-20(19)26(14)13-17(23)9-10-24;/h4-9,11-12H,10,13,24H2,1-3H3,(H,27,28);1H/b17-9-;. The van der Waals surface area contributed by atoms with Crippen molar-refractivity contribution in [2.75, 3.05) is 20.6 Å². The normalized spacial score (nSPS) is 12.2. The summed E-state index contributed by atoms with van der Waals surface area (Å²) >= 11 is 0. The number of rotatable bonds is 7. The van der Waals surface area contributed by atoms with Gasteiger partial charge in [0.1, 0.15) is 5.83 Å². The van der Waals surface area contributed by atoms with Gasteiger partial charge in [-0.1, -0.05) is 18.2 Å². The van der Waals surface area contributed by atoms with E-state index in [-0.39, 0.29) is 36.0 Å². The largest absolute Gasteiger partial charge is 0.478 e. The summed E-state index contributed by atoms with van der Waals surface area (Å²) in [4.78, 5) is 11.6. The van der Waals surface area contributed by atoms with Crippen molar-refractivity contribution in [1.29, 1.82) is 0 Å². The van der Waals surface area contributed by atoms with Crippen LogP contribution in [-0.4, -0.2) is 49.0 Å². The van der Waals surface area contributed by atoms with Gasteiger partial charge < -0.3 is 15.4 Å². The number of carbonyl (C=O) groups is 1. The second-order valence-electron chi connectivity index (χ2n) is 7.29. The lowest BCUT2D eigenvalue weighted by molar-refractivity contribution is 0.0697. The zero-order chi connectivity index (χ0) is 22.9. The van der Waals surface area contributed by atoms with E-state index in [0.717, 1.165) is 4.31 Å². The molecule has 172 valence electrons. The number of aromatic nitrogens is 1. The number of allylic oxidation sites excluding steroid dienone is 1. The van der Waals surface area contributed by atoms with Crippen molar-refractivity contribution < 1.29 is 22.7 Å². The molecule has 3 aromatic rings. The van der Waals surface area contributed by atoms with E-state index in [0.29, 0.717) is 27.7 Å². The molecule has 0 aliphatic carbocycles. The molecule has 1 heterocycles. The van der Waals surface area contributed by atoms with Gasteiger partial charge in [0.2, 0.25) is 10.0 Å². The van der Waals surface area contributed by atoms with Gasteiger partial charge in [-0.15, -0.1) is 12.4 Å². The number of nitrogens with two attached hydrogens (primary N) is 1. The number of sulfonamides is 1. The van der Waals surface area contributed by atoms with E-state index in [1.54, 1.807) is 35.8 Å². The molecular weight excluding hydrogens is 457 g/mol. The Morgan fingerprint density at radius 1 is 1.22 bits per heavy atom. The fourth-order valence-corrected chi connectivity index (χ4v) is 4.49. The SMILES string of the molecule is Cc1c(-c2cccc(S(=O)(=O)N(C)C)c2)c2ccc(C(=O)O)cc2n1C/C(F)=C/CN.Cl. The van der Waals surface area contributed by atoms with Crippen LogP contribution in [0.3, 0.4) is 0 Å². The number of hydrogen-bond donors (Lipinski definition) is 2. The minimum atomic E-state index is -3.65. The number of aromatic carboxylic acids is 1. The quantitative estimate of drug-likeness (QED) is 0.534. The molecule has 2 aromatic carbocycles. The van der Waals surface area contributed by atoms with Crippen LogP contribution in [0.25, 0.3) is 22.0 Å². The van der Waals surface area contributed by atoms with E-state index in [2.05, 4.69) is 0 Å². The first kappa shape index (κ1) is 25.5. The predicted molar refractivity (Wildman–Crippen MR) is 125 cm³/mol. The smallest absolute Gasteiger partial charge is 0.335 e. The molecule has 3 rings (SSSR count). The Morgan fingerprint density at radius 2 is 1.91 bits per heavy atom. The van der Waals surface area contributed by atoms with E-state index >= 15 is 0 Å². The lowest BCUT2D eigenvalue weighted by Crippen LogP contribution is -2.22. The fraction of sp³-hybridized carbons (Fsp3) is 0.227. The zero-order valence-corrected chi connectivity index (χ0v) is 19.5. The first-order valence-electron chi connectivity index (χ1n) is 9.51. The summed E-state index contributed by atoms with van der Waals surface area (Å²) in [6, 6.07) is 11.1. The third kappa shape index (κ3) is 4.71. The highest BCUT2D eigenvalue weighted by Gasteiger charge is 2.21. The third-order valence-electron chi connectivity index (χ3n) is 5.12. The molecule has 0 spiro atoms. The number of halogens is 2. The molecule has 7 nitrogen and oxygen atoms in total. The van der Waals surface area contributed by atoms with Crippen molar-refractivity contribution in [3.8, 4) is 11.1 Å². The number of carboxylic acids is 1. The summed E-state index contributed by atoms with van der Waals surface area (Å²) in [5, 5.41) is 10.1. The number of fused-ring (bicyclic) bond motifs is 1. The molecule has 10 heteroatoms. The number of hydrogen-bond acceptors (Lipinski definition) is 4. The molecule has 0 aliphatic heterocycles. The summed E-state index contributed by atoms with van der Waals surface area (Å²) < 4.78 is 42.3. The monoisotopic (exact) mass is 481 g/mol. The molecule has 0 radical (unpaired) electrons. The van der Waals surface area contributed by atoms with Crippen LogP contribution in [0.5, 0.6) is 0 Å². The topological polar surface area (TPSA) is 106 Å². The van der Waals surface area contributed by atoms with E-state index in [4.69, 9.17) is 5.73 Å². The van der Waals surface area contributed by atoms with E-state index in [1.807, 2.05) is 0 Å². The van der Waals surface area contributed by atoms with Crippen LogP contribution < -0.4 is 5.73 Å². The van der Waals surface area contributed by atoms with E-state index < -0.39 is 21.8 Å². The van der Waals surface area contributed by atoms with E-state index in [9.17, 15) is 22.7 Å². The zero-order valence-electron chi connectivity index (χ0n) is 17.9. The van der Waals surface area contributed by atoms with Crippen LogP contribution in [0, 0.1) is 6.92 Å². The van der Waals surface area contributed by atoms with Crippen molar-refractivity contribution in [2.45, 2.75) is 18.4 Å².